The summed E-state index contributed by atoms with van der Waals surface area (Å²) in [7, 11) is 1.85. The Morgan fingerprint density at radius 2 is 2.05 bits per heavy atom. The lowest BCUT2D eigenvalue weighted by atomic mass is 10.1. The fraction of sp³-hybridized carbons (Fsp3) is 0.312. The molecule has 1 aromatic heterocycles. The number of carbonyl (C=O) groups excluding carboxylic acids is 1. The van der Waals surface area contributed by atoms with Crippen molar-refractivity contribution in [3.05, 3.63) is 53.3 Å². The number of aromatic nitrogens is 2. The van der Waals surface area contributed by atoms with E-state index in [4.69, 9.17) is 5.11 Å². The summed E-state index contributed by atoms with van der Waals surface area (Å²) < 4.78 is 1.72. The lowest BCUT2D eigenvalue weighted by Gasteiger charge is -2.23. The summed E-state index contributed by atoms with van der Waals surface area (Å²) in [6, 6.07) is 8.05. The van der Waals surface area contributed by atoms with Crippen molar-refractivity contribution in [2.24, 2.45) is 7.05 Å². The molecule has 2 aromatic rings. The van der Waals surface area contributed by atoms with Crippen LogP contribution in [0, 0.1) is 0 Å². The molecular weight excluding hydrogens is 282 g/mol. The number of nitrogens with zero attached hydrogens (tertiary/aromatic N) is 3. The van der Waals surface area contributed by atoms with E-state index in [0.29, 0.717) is 12.1 Å². The molecule has 114 valence electrons. The third-order valence-corrected chi connectivity index (χ3v) is 3.95. The highest BCUT2D eigenvalue weighted by Crippen LogP contribution is 2.32. The predicted molar refractivity (Wildman–Crippen MR) is 79.6 cm³/mol. The maximum atomic E-state index is 12.7. The smallest absolute Gasteiger partial charge is 0.335 e. The van der Waals surface area contributed by atoms with Gasteiger partial charge in [0.25, 0.3) is 5.91 Å². The molecule has 0 saturated carbocycles. The van der Waals surface area contributed by atoms with Crippen molar-refractivity contribution in [2.75, 3.05) is 6.54 Å². The normalized spacial score (nSPS) is 17.7. The van der Waals surface area contributed by atoms with Crippen LogP contribution in [0.4, 0.5) is 0 Å². The average Bonchev–Trinajstić information content (AvgIpc) is 3.15. The second-order valence-electron chi connectivity index (χ2n) is 5.46. The molecule has 22 heavy (non-hydrogen) atoms. The summed E-state index contributed by atoms with van der Waals surface area (Å²) in [4.78, 5) is 25.5. The van der Waals surface area contributed by atoms with Crippen LogP contribution in [0.2, 0.25) is 0 Å². The van der Waals surface area contributed by atoms with Crippen LogP contribution >= 0.6 is 0 Å². The van der Waals surface area contributed by atoms with Gasteiger partial charge in [0.05, 0.1) is 17.3 Å². The summed E-state index contributed by atoms with van der Waals surface area (Å²) >= 11 is 0. The van der Waals surface area contributed by atoms with E-state index in [1.54, 1.807) is 21.7 Å². The van der Waals surface area contributed by atoms with E-state index in [0.717, 1.165) is 18.5 Å². The van der Waals surface area contributed by atoms with Gasteiger partial charge in [0.15, 0.2) is 0 Å². The second kappa shape index (κ2) is 5.63. The van der Waals surface area contributed by atoms with Gasteiger partial charge in [-0.05, 0) is 37.1 Å². The third kappa shape index (κ3) is 2.59. The highest BCUT2D eigenvalue weighted by atomic mass is 16.4. The zero-order valence-electron chi connectivity index (χ0n) is 12.3. The fourth-order valence-corrected chi connectivity index (χ4v) is 2.88. The molecule has 0 bridgehead atoms. The lowest BCUT2D eigenvalue weighted by molar-refractivity contribution is 0.0697. The largest absolute Gasteiger partial charge is 0.478 e. The van der Waals surface area contributed by atoms with Crippen LogP contribution in [0.15, 0.2) is 36.5 Å². The summed E-state index contributed by atoms with van der Waals surface area (Å²) in [6.07, 6.45) is 3.66. The molecule has 0 radical (unpaired) electrons. The van der Waals surface area contributed by atoms with Crippen LogP contribution in [0.1, 0.15) is 45.3 Å². The van der Waals surface area contributed by atoms with Gasteiger partial charge in [0, 0.05) is 25.4 Å². The van der Waals surface area contributed by atoms with Crippen LogP contribution in [-0.4, -0.2) is 38.2 Å². The standard InChI is InChI=1S/C16H17N3O3/c1-18-9-7-13(17-18)14-6-3-8-19(14)15(20)11-4-2-5-12(10-11)16(21)22/h2,4-5,7,9-10,14H,3,6,8H2,1H3,(H,21,22). The number of benzene rings is 1. The maximum Gasteiger partial charge on any atom is 0.335 e. The van der Waals surface area contributed by atoms with Gasteiger partial charge in [-0.1, -0.05) is 6.07 Å². The zero-order chi connectivity index (χ0) is 15.7. The molecule has 1 amide bonds. The summed E-state index contributed by atoms with van der Waals surface area (Å²) in [6.45, 7) is 0.664. The molecule has 0 aliphatic carbocycles. The number of hydrogen-bond acceptors (Lipinski definition) is 3. The SMILES string of the molecule is Cn1ccc(C2CCCN2C(=O)c2cccc(C(=O)O)c2)n1. The monoisotopic (exact) mass is 299 g/mol. The van der Waals surface area contributed by atoms with Gasteiger partial charge in [0.1, 0.15) is 0 Å². The van der Waals surface area contributed by atoms with Gasteiger partial charge in [-0.2, -0.15) is 5.10 Å². The molecule has 1 atom stereocenters. The minimum Gasteiger partial charge on any atom is -0.478 e. The highest BCUT2D eigenvalue weighted by molar-refractivity contribution is 5.97. The molecule has 1 N–H and O–H groups in total. The number of amides is 1. The molecule has 3 rings (SSSR count). The fourth-order valence-electron chi connectivity index (χ4n) is 2.88. The lowest BCUT2D eigenvalue weighted by Crippen LogP contribution is -2.31. The van der Waals surface area contributed by atoms with Crippen molar-refractivity contribution in [2.45, 2.75) is 18.9 Å². The van der Waals surface area contributed by atoms with Crippen LogP contribution in [0.5, 0.6) is 0 Å². The molecule has 6 nitrogen and oxygen atoms in total. The van der Waals surface area contributed by atoms with E-state index >= 15 is 0 Å². The van der Waals surface area contributed by atoms with E-state index in [1.165, 1.54) is 12.1 Å². The van der Waals surface area contributed by atoms with Crippen LogP contribution in [0.3, 0.4) is 0 Å². The number of carboxylic acids is 1. The van der Waals surface area contributed by atoms with Gasteiger partial charge in [-0.15, -0.1) is 0 Å². The molecule has 1 aromatic carbocycles. The molecule has 2 heterocycles. The summed E-state index contributed by atoms with van der Waals surface area (Å²) in [5, 5.41) is 13.4. The Morgan fingerprint density at radius 3 is 2.73 bits per heavy atom. The number of rotatable bonds is 3. The minimum absolute atomic E-state index is 0.0396. The first kappa shape index (κ1) is 14.3. The van der Waals surface area contributed by atoms with Crippen molar-refractivity contribution in [1.82, 2.24) is 14.7 Å². The van der Waals surface area contributed by atoms with Gasteiger partial charge < -0.3 is 10.0 Å². The quantitative estimate of drug-likeness (QED) is 0.941. The van der Waals surface area contributed by atoms with E-state index in [-0.39, 0.29) is 17.5 Å². The first-order chi connectivity index (χ1) is 10.6. The number of carboxylic acid groups (broad SMARTS) is 1. The zero-order valence-corrected chi connectivity index (χ0v) is 12.3. The van der Waals surface area contributed by atoms with Crippen molar-refractivity contribution in [3.8, 4) is 0 Å². The highest BCUT2D eigenvalue weighted by Gasteiger charge is 2.32. The average molecular weight is 299 g/mol. The Balaban J connectivity index is 1.87. The Bertz CT molecular complexity index is 723. The van der Waals surface area contributed by atoms with Gasteiger partial charge in [-0.3, -0.25) is 9.48 Å². The van der Waals surface area contributed by atoms with E-state index in [1.807, 2.05) is 19.3 Å². The van der Waals surface area contributed by atoms with E-state index in [9.17, 15) is 9.59 Å². The van der Waals surface area contributed by atoms with Crippen LogP contribution in [0.25, 0.3) is 0 Å². The molecule has 1 aliphatic heterocycles. The molecule has 6 heteroatoms. The topological polar surface area (TPSA) is 75.4 Å². The molecule has 1 unspecified atom stereocenters. The Labute approximate surface area is 128 Å². The van der Waals surface area contributed by atoms with Crippen LogP contribution in [-0.2, 0) is 7.05 Å². The van der Waals surface area contributed by atoms with E-state index in [2.05, 4.69) is 5.10 Å². The minimum atomic E-state index is -1.03. The predicted octanol–water partition coefficient (Wildman–Crippen LogP) is 2.10. The summed E-state index contributed by atoms with van der Waals surface area (Å²) in [5.74, 6) is -1.17. The van der Waals surface area contributed by atoms with Gasteiger partial charge in [-0.25, -0.2) is 4.79 Å². The number of hydrogen-bond donors (Lipinski definition) is 1. The summed E-state index contributed by atoms with van der Waals surface area (Å²) in [5.41, 5.74) is 1.41. The van der Waals surface area contributed by atoms with Crippen molar-refractivity contribution in [1.29, 1.82) is 0 Å². The molecule has 0 spiro atoms. The first-order valence-electron chi connectivity index (χ1n) is 7.20. The Kier molecular flexibility index (Phi) is 3.66. The second-order valence-corrected chi connectivity index (χ2v) is 5.46. The Hall–Kier alpha value is -2.63. The van der Waals surface area contributed by atoms with E-state index < -0.39 is 5.97 Å². The van der Waals surface area contributed by atoms with Gasteiger partial charge in [0.2, 0.25) is 0 Å². The van der Waals surface area contributed by atoms with Crippen molar-refractivity contribution >= 4 is 11.9 Å². The number of aromatic carboxylic acids is 1. The van der Waals surface area contributed by atoms with Crippen LogP contribution < -0.4 is 0 Å². The first-order valence-corrected chi connectivity index (χ1v) is 7.20. The third-order valence-electron chi connectivity index (χ3n) is 3.95. The molecule has 1 aliphatic rings. The Morgan fingerprint density at radius 1 is 1.27 bits per heavy atom. The van der Waals surface area contributed by atoms with Crippen molar-refractivity contribution < 1.29 is 14.7 Å². The number of aryl methyl sites for hydroxylation is 1. The van der Waals surface area contributed by atoms with Crippen molar-refractivity contribution in [3.63, 3.8) is 0 Å². The maximum absolute atomic E-state index is 12.7. The molecule has 1 saturated heterocycles. The molecular formula is C16H17N3O3. The number of likely N-dealkylation sites (tertiary alicyclic amines) is 1. The molecule has 1 fully saturated rings. The van der Waals surface area contributed by atoms with Gasteiger partial charge >= 0.3 is 5.97 Å². The number of carbonyl (C=O) groups is 2.